The van der Waals surface area contributed by atoms with Gasteiger partial charge in [0.15, 0.2) is 0 Å². The number of hydrogen-bond donors (Lipinski definition) is 0. The highest BCUT2D eigenvalue weighted by Crippen LogP contribution is 2.35. The van der Waals surface area contributed by atoms with Crippen LogP contribution in [0.5, 0.6) is 0 Å². The second-order valence-electron chi connectivity index (χ2n) is 4.62. The lowest BCUT2D eigenvalue weighted by molar-refractivity contribution is -0.119. The molecule has 6 heteroatoms. The molecule has 1 aliphatic rings. The fourth-order valence-corrected chi connectivity index (χ4v) is 2.72. The Labute approximate surface area is 141 Å². The molecule has 0 bridgehead atoms. The third-order valence-corrected chi connectivity index (χ3v) is 4.10. The van der Waals surface area contributed by atoms with Crippen LogP contribution in [0.3, 0.4) is 0 Å². The van der Waals surface area contributed by atoms with E-state index < -0.39 is 11.8 Å². The van der Waals surface area contributed by atoms with E-state index in [1.807, 2.05) is 0 Å². The van der Waals surface area contributed by atoms with E-state index in [0.29, 0.717) is 21.3 Å². The highest BCUT2D eigenvalue weighted by molar-refractivity contribution is 6.60. The van der Waals surface area contributed by atoms with E-state index in [-0.39, 0.29) is 10.6 Å². The number of imide groups is 1. The molecule has 0 aliphatic carbocycles. The maximum absolute atomic E-state index is 12.6. The monoisotopic (exact) mass is 351 g/mol. The van der Waals surface area contributed by atoms with Gasteiger partial charge in [0, 0.05) is 10.0 Å². The van der Waals surface area contributed by atoms with Crippen molar-refractivity contribution in [2.24, 2.45) is 0 Å². The second kappa shape index (κ2) is 5.76. The first kappa shape index (κ1) is 15.1. The van der Waals surface area contributed by atoms with Gasteiger partial charge in [0.1, 0.15) is 5.03 Å². The van der Waals surface area contributed by atoms with Crippen LogP contribution >= 0.6 is 34.8 Å². The molecule has 0 saturated carbocycles. The van der Waals surface area contributed by atoms with E-state index in [9.17, 15) is 9.59 Å². The zero-order valence-electron chi connectivity index (χ0n) is 11.0. The van der Waals surface area contributed by atoms with Gasteiger partial charge in [0.2, 0.25) is 0 Å². The SMILES string of the molecule is O=C1C(Cl)=C(c2ccc(Cl)cc2)C(=O)N1c1ccc(Cl)cc1. The van der Waals surface area contributed by atoms with Crippen LogP contribution < -0.4 is 4.90 Å². The molecule has 0 saturated heterocycles. The Morgan fingerprint density at radius 3 is 1.73 bits per heavy atom. The van der Waals surface area contributed by atoms with E-state index >= 15 is 0 Å². The van der Waals surface area contributed by atoms with E-state index in [0.717, 1.165) is 4.90 Å². The highest BCUT2D eigenvalue weighted by atomic mass is 35.5. The number of rotatable bonds is 2. The maximum atomic E-state index is 12.6. The minimum absolute atomic E-state index is 0.109. The van der Waals surface area contributed by atoms with Crippen LogP contribution in [0.1, 0.15) is 5.56 Å². The number of halogens is 3. The smallest absolute Gasteiger partial charge is 0.268 e. The van der Waals surface area contributed by atoms with Gasteiger partial charge >= 0.3 is 0 Å². The second-order valence-corrected chi connectivity index (χ2v) is 5.87. The van der Waals surface area contributed by atoms with Gasteiger partial charge in [-0.1, -0.05) is 46.9 Å². The van der Waals surface area contributed by atoms with Crippen molar-refractivity contribution in [3.63, 3.8) is 0 Å². The minimum Gasteiger partial charge on any atom is -0.268 e. The number of nitrogens with zero attached hydrogens (tertiary/aromatic N) is 1. The van der Waals surface area contributed by atoms with Gasteiger partial charge in [-0.2, -0.15) is 0 Å². The van der Waals surface area contributed by atoms with Gasteiger partial charge < -0.3 is 0 Å². The molecule has 2 aromatic carbocycles. The Bertz CT molecular complexity index is 795. The van der Waals surface area contributed by atoms with Gasteiger partial charge in [0.25, 0.3) is 11.8 Å². The molecule has 0 atom stereocenters. The first-order chi connectivity index (χ1) is 10.5. The van der Waals surface area contributed by atoms with Gasteiger partial charge in [-0.25, -0.2) is 4.90 Å². The van der Waals surface area contributed by atoms with Gasteiger partial charge in [0.05, 0.1) is 11.3 Å². The molecule has 1 heterocycles. The molecule has 3 rings (SSSR count). The Morgan fingerprint density at radius 2 is 1.18 bits per heavy atom. The van der Waals surface area contributed by atoms with Crippen LogP contribution in [0, 0.1) is 0 Å². The summed E-state index contributed by atoms with van der Waals surface area (Å²) < 4.78 is 0. The van der Waals surface area contributed by atoms with Crippen molar-refractivity contribution >= 4 is 57.9 Å². The van der Waals surface area contributed by atoms with Crippen molar-refractivity contribution < 1.29 is 9.59 Å². The van der Waals surface area contributed by atoms with Crippen molar-refractivity contribution in [1.29, 1.82) is 0 Å². The molecule has 0 aromatic heterocycles. The molecule has 0 N–H and O–H groups in total. The fourth-order valence-electron chi connectivity index (χ4n) is 2.19. The van der Waals surface area contributed by atoms with E-state index in [4.69, 9.17) is 34.8 Å². The fraction of sp³-hybridized carbons (Fsp3) is 0. The van der Waals surface area contributed by atoms with Crippen LogP contribution in [-0.2, 0) is 9.59 Å². The summed E-state index contributed by atoms with van der Waals surface area (Å²) in [6.07, 6.45) is 0. The first-order valence-corrected chi connectivity index (χ1v) is 7.42. The molecular weight excluding hydrogens is 345 g/mol. The minimum atomic E-state index is -0.557. The number of benzene rings is 2. The molecular formula is C16H8Cl3NO2. The Kier molecular flexibility index (Phi) is 3.96. The van der Waals surface area contributed by atoms with E-state index in [1.165, 1.54) is 0 Å². The largest absolute Gasteiger partial charge is 0.277 e. The summed E-state index contributed by atoms with van der Waals surface area (Å²) >= 11 is 17.7. The van der Waals surface area contributed by atoms with Gasteiger partial charge in [-0.05, 0) is 42.0 Å². The maximum Gasteiger partial charge on any atom is 0.277 e. The Balaban J connectivity index is 2.03. The molecule has 110 valence electrons. The zero-order valence-corrected chi connectivity index (χ0v) is 13.3. The summed E-state index contributed by atoms with van der Waals surface area (Å²) in [6.45, 7) is 0. The van der Waals surface area contributed by atoms with Crippen LogP contribution in [-0.4, -0.2) is 11.8 Å². The molecule has 2 amide bonds. The van der Waals surface area contributed by atoms with E-state index in [1.54, 1.807) is 48.5 Å². The van der Waals surface area contributed by atoms with Crippen LogP contribution in [0.4, 0.5) is 5.69 Å². The topological polar surface area (TPSA) is 37.4 Å². The van der Waals surface area contributed by atoms with Crippen molar-refractivity contribution in [2.75, 3.05) is 4.90 Å². The number of carbonyl (C=O) groups excluding carboxylic acids is 2. The highest BCUT2D eigenvalue weighted by Gasteiger charge is 2.39. The summed E-state index contributed by atoms with van der Waals surface area (Å²) in [4.78, 5) is 25.9. The number of hydrogen-bond acceptors (Lipinski definition) is 2. The molecule has 22 heavy (non-hydrogen) atoms. The average molecular weight is 353 g/mol. The Hall–Kier alpha value is -1.81. The lowest BCUT2D eigenvalue weighted by Gasteiger charge is -2.14. The van der Waals surface area contributed by atoms with Crippen molar-refractivity contribution in [3.05, 3.63) is 69.2 Å². The average Bonchev–Trinajstić information content (AvgIpc) is 2.72. The normalized spacial score (nSPS) is 15.0. The molecule has 0 unspecified atom stereocenters. The number of anilines is 1. The summed E-state index contributed by atoms with van der Waals surface area (Å²) in [5.41, 5.74) is 1.13. The summed E-state index contributed by atoms with van der Waals surface area (Å²) in [5, 5.41) is 0.939. The third-order valence-electron chi connectivity index (χ3n) is 3.25. The Morgan fingerprint density at radius 1 is 0.682 bits per heavy atom. The summed E-state index contributed by atoms with van der Waals surface area (Å²) in [6, 6.07) is 13.0. The molecule has 1 aliphatic heterocycles. The van der Waals surface area contributed by atoms with Crippen molar-refractivity contribution in [3.8, 4) is 0 Å². The first-order valence-electron chi connectivity index (χ1n) is 6.29. The van der Waals surface area contributed by atoms with E-state index in [2.05, 4.69) is 0 Å². The number of amides is 2. The predicted molar refractivity (Wildman–Crippen MR) is 88.2 cm³/mol. The van der Waals surface area contributed by atoms with Crippen molar-refractivity contribution in [1.82, 2.24) is 0 Å². The summed E-state index contributed by atoms with van der Waals surface area (Å²) in [5.74, 6) is -1.03. The molecule has 2 aromatic rings. The molecule has 3 nitrogen and oxygen atoms in total. The zero-order chi connectivity index (χ0) is 15.9. The van der Waals surface area contributed by atoms with Crippen LogP contribution in [0.15, 0.2) is 53.6 Å². The van der Waals surface area contributed by atoms with Crippen LogP contribution in [0.25, 0.3) is 5.57 Å². The molecule has 0 radical (unpaired) electrons. The third kappa shape index (κ3) is 2.52. The van der Waals surface area contributed by atoms with Gasteiger partial charge in [-0.15, -0.1) is 0 Å². The lowest BCUT2D eigenvalue weighted by Crippen LogP contribution is -2.31. The quantitative estimate of drug-likeness (QED) is 0.745. The number of carbonyl (C=O) groups is 2. The predicted octanol–water partition coefficient (Wildman–Crippen LogP) is 4.52. The summed E-state index contributed by atoms with van der Waals surface area (Å²) in [7, 11) is 0. The molecule has 0 fully saturated rings. The molecule has 0 spiro atoms. The standard InChI is InChI=1S/C16H8Cl3NO2/c17-10-3-1-9(2-4-10)13-14(19)16(22)20(15(13)21)12-7-5-11(18)6-8-12/h1-8H. The lowest BCUT2D eigenvalue weighted by atomic mass is 10.1. The van der Waals surface area contributed by atoms with Crippen molar-refractivity contribution in [2.45, 2.75) is 0 Å². The van der Waals surface area contributed by atoms with Crippen LogP contribution in [0.2, 0.25) is 10.0 Å². The van der Waals surface area contributed by atoms with Gasteiger partial charge in [-0.3, -0.25) is 9.59 Å².